The van der Waals surface area contributed by atoms with E-state index in [1.54, 1.807) is 0 Å². The van der Waals surface area contributed by atoms with Gasteiger partial charge >= 0.3 is 11.9 Å². The van der Waals surface area contributed by atoms with E-state index in [1.165, 1.54) is 6.08 Å². The standard InChI is InChI=1S/C7H10O4.Na/c1-2-3-5(7(10)11)4-6(8)9;/h2,5H,1,3-4H2,(H,8,9)(H,10,11);. The molecule has 0 aromatic carbocycles. The molecule has 0 aliphatic rings. The van der Waals surface area contributed by atoms with Crippen LogP contribution in [0.25, 0.3) is 0 Å². The normalized spacial score (nSPS) is 11.0. The van der Waals surface area contributed by atoms with E-state index in [2.05, 4.69) is 6.58 Å². The Morgan fingerprint density at radius 1 is 1.42 bits per heavy atom. The third-order valence-corrected chi connectivity index (χ3v) is 1.22. The monoisotopic (exact) mass is 181 g/mol. The predicted molar refractivity (Wildman–Crippen MR) is 43.9 cm³/mol. The molecule has 1 radical (unpaired) electrons. The topological polar surface area (TPSA) is 74.6 Å². The molecule has 1 atom stereocenters. The minimum Gasteiger partial charge on any atom is -0.481 e. The van der Waals surface area contributed by atoms with Crippen molar-refractivity contribution in [3.63, 3.8) is 0 Å². The largest absolute Gasteiger partial charge is 0.481 e. The summed E-state index contributed by atoms with van der Waals surface area (Å²) in [6.07, 6.45) is 1.25. The van der Waals surface area contributed by atoms with Gasteiger partial charge in [-0.1, -0.05) is 6.08 Å². The maximum atomic E-state index is 10.3. The summed E-state index contributed by atoms with van der Waals surface area (Å²) in [6, 6.07) is 0. The zero-order valence-corrected chi connectivity index (χ0v) is 8.99. The van der Waals surface area contributed by atoms with E-state index in [0.717, 1.165) is 0 Å². The number of rotatable bonds is 5. The number of carboxylic acids is 2. The van der Waals surface area contributed by atoms with Crippen LogP contribution < -0.4 is 0 Å². The van der Waals surface area contributed by atoms with E-state index >= 15 is 0 Å². The van der Waals surface area contributed by atoms with Crippen LogP contribution in [0, 0.1) is 5.92 Å². The van der Waals surface area contributed by atoms with Gasteiger partial charge in [-0.05, 0) is 6.42 Å². The quantitative estimate of drug-likeness (QED) is 0.474. The van der Waals surface area contributed by atoms with E-state index < -0.39 is 17.9 Å². The summed E-state index contributed by atoms with van der Waals surface area (Å²) in [5.74, 6) is -3.03. The Morgan fingerprint density at radius 3 is 2.17 bits per heavy atom. The van der Waals surface area contributed by atoms with Gasteiger partial charge in [0, 0.05) is 29.6 Å². The minimum absolute atomic E-state index is 0. The first-order chi connectivity index (χ1) is 5.07. The fraction of sp³-hybridized carbons (Fsp3) is 0.429. The minimum atomic E-state index is -1.10. The van der Waals surface area contributed by atoms with Gasteiger partial charge in [-0.3, -0.25) is 9.59 Å². The molecule has 2 N–H and O–H groups in total. The van der Waals surface area contributed by atoms with Gasteiger partial charge in [-0.2, -0.15) is 0 Å². The Balaban J connectivity index is 0. The second-order valence-electron chi connectivity index (χ2n) is 2.16. The van der Waals surface area contributed by atoms with Crippen LogP contribution in [0.3, 0.4) is 0 Å². The molecule has 0 heterocycles. The average Bonchev–Trinajstić information content (AvgIpc) is 1.86. The van der Waals surface area contributed by atoms with E-state index in [0.29, 0.717) is 0 Å². The molecule has 0 saturated carbocycles. The maximum absolute atomic E-state index is 10.3. The molecule has 5 heteroatoms. The van der Waals surface area contributed by atoms with Gasteiger partial charge in [-0.25, -0.2) is 0 Å². The summed E-state index contributed by atoms with van der Waals surface area (Å²) in [5, 5.41) is 16.7. The Kier molecular flexibility index (Phi) is 8.69. The zero-order chi connectivity index (χ0) is 8.85. The molecule has 0 rings (SSSR count). The summed E-state index contributed by atoms with van der Waals surface area (Å²) in [6.45, 7) is 3.33. The Hall–Kier alpha value is -0.320. The number of carboxylic acid groups (broad SMARTS) is 2. The molecule has 0 aromatic rings. The Bertz CT molecular complexity index is 178. The van der Waals surface area contributed by atoms with Crippen molar-refractivity contribution in [3.8, 4) is 0 Å². The number of aliphatic carboxylic acids is 2. The molecule has 0 aliphatic carbocycles. The van der Waals surface area contributed by atoms with Crippen LogP contribution >= 0.6 is 0 Å². The number of hydrogen-bond acceptors (Lipinski definition) is 2. The fourth-order valence-electron chi connectivity index (χ4n) is 0.683. The number of allylic oxidation sites excluding steroid dienone is 1. The van der Waals surface area contributed by atoms with Crippen molar-refractivity contribution in [1.29, 1.82) is 0 Å². The first-order valence-corrected chi connectivity index (χ1v) is 3.13. The molecule has 12 heavy (non-hydrogen) atoms. The Morgan fingerprint density at radius 2 is 1.92 bits per heavy atom. The summed E-state index contributed by atoms with van der Waals surface area (Å²) in [5.41, 5.74) is 0. The molecule has 0 bridgehead atoms. The molecule has 1 unspecified atom stereocenters. The van der Waals surface area contributed by atoms with E-state index in [9.17, 15) is 9.59 Å². The molecular formula is C7H10NaO4. The molecule has 0 aromatic heterocycles. The van der Waals surface area contributed by atoms with Crippen LogP contribution in [0.2, 0.25) is 0 Å². The van der Waals surface area contributed by atoms with E-state index in [-0.39, 0.29) is 42.4 Å². The Labute approximate surface area is 92.6 Å². The van der Waals surface area contributed by atoms with Crippen molar-refractivity contribution in [2.24, 2.45) is 5.92 Å². The van der Waals surface area contributed by atoms with Gasteiger partial charge in [0.1, 0.15) is 0 Å². The summed E-state index contributed by atoms with van der Waals surface area (Å²) < 4.78 is 0. The third-order valence-electron chi connectivity index (χ3n) is 1.22. The third kappa shape index (κ3) is 6.39. The first kappa shape index (κ1) is 14.2. The summed E-state index contributed by atoms with van der Waals surface area (Å²) in [7, 11) is 0. The van der Waals surface area contributed by atoms with Crippen molar-refractivity contribution in [3.05, 3.63) is 12.7 Å². The predicted octanol–water partition coefficient (Wildman–Crippen LogP) is 0.357. The van der Waals surface area contributed by atoms with Crippen molar-refractivity contribution in [2.45, 2.75) is 12.8 Å². The van der Waals surface area contributed by atoms with Crippen LogP contribution in [0.4, 0.5) is 0 Å². The maximum Gasteiger partial charge on any atom is 0.307 e. The first-order valence-electron chi connectivity index (χ1n) is 3.13. The zero-order valence-electron chi connectivity index (χ0n) is 6.99. The summed E-state index contributed by atoms with van der Waals surface area (Å²) in [4.78, 5) is 20.4. The van der Waals surface area contributed by atoms with Crippen molar-refractivity contribution in [1.82, 2.24) is 0 Å². The molecule has 0 aliphatic heterocycles. The molecule has 4 nitrogen and oxygen atoms in total. The average molecular weight is 181 g/mol. The van der Waals surface area contributed by atoms with E-state index in [4.69, 9.17) is 10.2 Å². The van der Waals surface area contributed by atoms with Crippen LogP contribution in [0.15, 0.2) is 12.7 Å². The van der Waals surface area contributed by atoms with Gasteiger partial charge in [0.05, 0.1) is 12.3 Å². The molecular weight excluding hydrogens is 171 g/mol. The second-order valence-corrected chi connectivity index (χ2v) is 2.16. The van der Waals surface area contributed by atoms with E-state index in [1.807, 2.05) is 0 Å². The second kappa shape index (κ2) is 7.34. The molecule has 0 spiro atoms. The van der Waals surface area contributed by atoms with Crippen molar-refractivity contribution < 1.29 is 19.8 Å². The van der Waals surface area contributed by atoms with Crippen LogP contribution in [-0.4, -0.2) is 51.7 Å². The van der Waals surface area contributed by atoms with Crippen LogP contribution in [0.1, 0.15) is 12.8 Å². The number of hydrogen-bond donors (Lipinski definition) is 2. The molecule has 0 saturated heterocycles. The SMILES string of the molecule is C=CCC(CC(=O)O)C(=O)O.[Na]. The fourth-order valence-corrected chi connectivity index (χ4v) is 0.683. The summed E-state index contributed by atoms with van der Waals surface area (Å²) >= 11 is 0. The van der Waals surface area contributed by atoms with Gasteiger partial charge in [0.25, 0.3) is 0 Å². The molecule has 0 amide bonds. The van der Waals surface area contributed by atoms with Gasteiger partial charge < -0.3 is 10.2 Å². The number of carbonyl (C=O) groups is 2. The van der Waals surface area contributed by atoms with Crippen molar-refractivity contribution in [2.75, 3.05) is 0 Å². The van der Waals surface area contributed by atoms with Gasteiger partial charge in [0.2, 0.25) is 0 Å². The molecule has 63 valence electrons. The van der Waals surface area contributed by atoms with Crippen LogP contribution in [0.5, 0.6) is 0 Å². The van der Waals surface area contributed by atoms with Crippen molar-refractivity contribution >= 4 is 41.5 Å². The van der Waals surface area contributed by atoms with Crippen LogP contribution in [-0.2, 0) is 9.59 Å². The van der Waals surface area contributed by atoms with Gasteiger partial charge in [-0.15, -0.1) is 6.58 Å². The smallest absolute Gasteiger partial charge is 0.307 e. The molecule has 0 fully saturated rings. The van der Waals surface area contributed by atoms with Gasteiger partial charge in [0.15, 0.2) is 0 Å².